The maximum atomic E-state index is 3.69. The molecule has 0 aromatic carbocycles. The Morgan fingerprint density at radius 2 is 1.69 bits per heavy atom. The molecule has 0 aromatic heterocycles. The van der Waals surface area contributed by atoms with Crippen LogP contribution in [-0.4, -0.2) is 37.1 Å². The molecule has 1 fully saturated rings. The number of nitrogens with zero attached hydrogens (tertiary/aromatic N) is 1. The number of likely N-dealkylation sites (tertiary alicyclic amines) is 1. The summed E-state index contributed by atoms with van der Waals surface area (Å²) >= 11 is 0. The summed E-state index contributed by atoms with van der Waals surface area (Å²) < 4.78 is 0. The van der Waals surface area contributed by atoms with Crippen molar-refractivity contribution in [3.63, 3.8) is 0 Å². The molecule has 16 heavy (non-hydrogen) atoms. The molecule has 0 saturated carbocycles. The Morgan fingerprint density at radius 1 is 1.06 bits per heavy atom. The lowest BCUT2D eigenvalue weighted by molar-refractivity contribution is 0.224. The molecule has 1 N–H and O–H groups in total. The van der Waals surface area contributed by atoms with Crippen molar-refractivity contribution in [2.45, 2.75) is 58.9 Å². The fraction of sp³-hybridized carbons (Fsp3) is 1.00. The Labute approximate surface area is 102 Å². The molecule has 0 radical (unpaired) electrons. The summed E-state index contributed by atoms with van der Waals surface area (Å²) in [6, 6.07) is 0.679. The quantitative estimate of drug-likeness (QED) is 0.749. The number of hydrogen-bond acceptors (Lipinski definition) is 2. The monoisotopic (exact) mass is 226 g/mol. The second kappa shape index (κ2) is 8.08. The molecular formula is C14H30N2. The maximum Gasteiger partial charge on any atom is 0.0217 e. The van der Waals surface area contributed by atoms with Crippen LogP contribution in [0, 0.1) is 5.92 Å². The Hall–Kier alpha value is -0.0800. The van der Waals surface area contributed by atoms with E-state index in [2.05, 4.69) is 31.0 Å². The topological polar surface area (TPSA) is 15.3 Å². The van der Waals surface area contributed by atoms with Gasteiger partial charge in [0, 0.05) is 12.6 Å². The van der Waals surface area contributed by atoms with Gasteiger partial charge < -0.3 is 10.2 Å². The van der Waals surface area contributed by atoms with Gasteiger partial charge in [-0.3, -0.25) is 0 Å². The van der Waals surface area contributed by atoms with Crippen LogP contribution >= 0.6 is 0 Å². The summed E-state index contributed by atoms with van der Waals surface area (Å²) in [5.41, 5.74) is 0. The summed E-state index contributed by atoms with van der Waals surface area (Å²) in [6.07, 6.45) is 6.91. The molecule has 1 aliphatic rings. The van der Waals surface area contributed by atoms with Gasteiger partial charge in [0.2, 0.25) is 0 Å². The Morgan fingerprint density at radius 3 is 2.19 bits per heavy atom. The second-order valence-electron chi connectivity index (χ2n) is 5.52. The molecule has 0 amide bonds. The van der Waals surface area contributed by atoms with Crippen LogP contribution in [0.5, 0.6) is 0 Å². The van der Waals surface area contributed by atoms with Crippen molar-refractivity contribution in [3.05, 3.63) is 0 Å². The van der Waals surface area contributed by atoms with E-state index in [1.807, 2.05) is 0 Å². The highest BCUT2D eigenvalue weighted by molar-refractivity contribution is 4.76. The van der Waals surface area contributed by atoms with Crippen LogP contribution in [0.15, 0.2) is 0 Å². The van der Waals surface area contributed by atoms with E-state index in [1.165, 1.54) is 51.7 Å². The normalized spacial score (nSPS) is 21.0. The van der Waals surface area contributed by atoms with Gasteiger partial charge in [0.1, 0.15) is 0 Å². The van der Waals surface area contributed by atoms with Gasteiger partial charge in [0.15, 0.2) is 0 Å². The fourth-order valence-corrected chi connectivity index (χ4v) is 2.44. The molecule has 0 aromatic rings. The highest BCUT2D eigenvalue weighted by atomic mass is 15.1. The molecule has 1 atom stereocenters. The van der Waals surface area contributed by atoms with Gasteiger partial charge in [-0.1, -0.05) is 33.6 Å². The van der Waals surface area contributed by atoms with Crippen LogP contribution < -0.4 is 5.32 Å². The van der Waals surface area contributed by atoms with Gasteiger partial charge in [-0.25, -0.2) is 0 Å². The van der Waals surface area contributed by atoms with Crippen LogP contribution in [0.4, 0.5) is 0 Å². The van der Waals surface area contributed by atoms with Crippen molar-refractivity contribution in [1.82, 2.24) is 10.2 Å². The Kier molecular flexibility index (Phi) is 7.06. The van der Waals surface area contributed by atoms with E-state index in [-0.39, 0.29) is 0 Å². The van der Waals surface area contributed by atoms with Gasteiger partial charge in [-0.15, -0.1) is 0 Å². The Bertz CT molecular complexity index is 160. The zero-order chi connectivity index (χ0) is 11.8. The zero-order valence-electron chi connectivity index (χ0n) is 11.5. The number of rotatable bonds is 6. The molecule has 0 bridgehead atoms. The van der Waals surface area contributed by atoms with Crippen molar-refractivity contribution in [2.24, 2.45) is 5.92 Å². The highest BCUT2D eigenvalue weighted by Gasteiger charge is 2.17. The smallest absolute Gasteiger partial charge is 0.0217 e. The van der Waals surface area contributed by atoms with Crippen LogP contribution in [-0.2, 0) is 0 Å². The molecule has 0 aliphatic carbocycles. The summed E-state index contributed by atoms with van der Waals surface area (Å²) in [5, 5.41) is 3.69. The maximum absolute atomic E-state index is 3.69. The first kappa shape index (κ1) is 14.0. The lowest BCUT2D eigenvalue weighted by Gasteiger charge is -2.29. The van der Waals surface area contributed by atoms with Crippen LogP contribution in [0.2, 0.25) is 0 Å². The summed E-state index contributed by atoms with van der Waals surface area (Å²) in [5.74, 6) is 0.745. The summed E-state index contributed by atoms with van der Waals surface area (Å²) in [7, 11) is 0. The first-order valence-corrected chi connectivity index (χ1v) is 7.19. The van der Waals surface area contributed by atoms with E-state index in [9.17, 15) is 0 Å². The fourth-order valence-electron chi connectivity index (χ4n) is 2.44. The standard InChI is InChI=1S/C14H30N2/c1-4-9-15-14(13(2)3)12-16-10-7-5-6-8-11-16/h13-15H,4-12H2,1-3H3. The second-order valence-corrected chi connectivity index (χ2v) is 5.52. The lowest BCUT2D eigenvalue weighted by atomic mass is 10.0. The molecule has 0 spiro atoms. The predicted molar refractivity (Wildman–Crippen MR) is 71.8 cm³/mol. The number of nitrogens with one attached hydrogen (secondary N) is 1. The van der Waals surface area contributed by atoms with E-state index in [4.69, 9.17) is 0 Å². The van der Waals surface area contributed by atoms with Crippen molar-refractivity contribution >= 4 is 0 Å². The molecule has 1 aliphatic heterocycles. The van der Waals surface area contributed by atoms with Gasteiger partial charge in [-0.05, 0) is 44.8 Å². The average Bonchev–Trinajstić information content (AvgIpc) is 2.52. The minimum Gasteiger partial charge on any atom is -0.312 e. The van der Waals surface area contributed by atoms with Gasteiger partial charge in [0.05, 0.1) is 0 Å². The third kappa shape index (κ3) is 5.31. The minimum absolute atomic E-state index is 0.679. The van der Waals surface area contributed by atoms with E-state index in [1.54, 1.807) is 0 Å². The van der Waals surface area contributed by atoms with Crippen molar-refractivity contribution < 1.29 is 0 Å². The van der Waals surface area contributed by atoms with Crippen LogP contribution in [0.3, 0.4) is 0 Å². The third-order valence-corrected chi connectivity index (χ3v) is 3.61. The average molecular weight is 226 g/mol. The lowest BCUT2D eigenvalue weighted by Crippen LogP contribution is -2.44. The van der Waals surface area contributed by atoms with Crippen molar-refractivity contribution in [3.8, 4) is 0 Å². The molecular weight excluding hydrogens is 196 g/mol. The molecule has 1 heterocycles. The van der Waals surface area contributed by atoms with Gasteiger partial charge in [-0.2, -0.15) is 0 Å². The summed E-state index contributed by atoms with van der Waals surface area (Å²) in [4.78, 5) is 2.67. The minimum atomic E-state index is 0.679. The van der Waals surface area contributed by atoms with Crippen molar-refractivity contribution in [1.29, 1.82) is 0 Å². The van der Waals surface area contributed by atoms with Crippen LogP contribution in [0.1, 0.15) is 52.9 Å². The van der Waals surface area contributed by atoms with E-state index in [0.29, 0.717) is 6.04 Å². The SMILES string of the molecule is CCCNC(CN1CCCCCC1)C(C)C. The van der Waals surface area contributed by atoms with Crippen LogP contribution in [0.25, 0.3) is 0 Å². The number of hydrogen-bond donors (Lipinski definition) is 1. The molecule has 1 unspecified atom stereocenters. The molecule has 1 saturated heterocycles. The first-order valence-electron chi connectivity index (χ1n) is 7.19. The van der Waals surface area contributed by atoms with Crippen molar-refractivity contribution in [2.75, 3.05) is 26.2 Å². The van der Waals surface area contributed by atoms with Gasteiger partial charge >= 0.3 is 0 Å². The highest BCUT2D eigenvalue weighted by Crippen LogP contribution is 2.12. The van der Waals surface area contributed by atoms with E-state index < -0.39 is 0 Å². The van der Waals surface area contributed by atoms with E-state index in [0.717, 1.165) is 12.5 Å². The molecule has 2 heteroatoms. The first-order chi connectivity index (χ1) is 7.74. The van der Waals surface area contributed by atoms with E-state index >= 15 is 0 Å². The van der Waals surface area contributed by atoms with Gasteiger partial charge in [0.25, 0.3) is 0 Å². The zero-order valence-corrected chi connectivity index (χ0v) is 11.5. The Balaban J connectivity index is 2.33. The molecule has 1 rings (SSSR count). The largest absolute Gasteiger partial charge is 0.312 e. The molecule has 2 nitrogen and oxygen atoms in total. The molecule has 96 valence electrons. The third-order valence-electron chi connectivity index (χ3n) is 3.61. The predicted octanol–water partition coefficient (Wildman–Crippen LogP) is 2.89. The summed E-state index contributed by atoms with van der Waals surface area (Å²) in [6.45, 7) is 12.0.